The maximum Gasteiger partial charge on any atom is 0.310 e. The Kier molecular flexibility index (Phi) is 4.67. The zero-order valence-electron chi connectivity index (χ0n) is 11.0. The molecule has 0 spiro atoms. The Balaban J connectivity index is 2.15. The zero-order valence-corrected chi connectivity index (χ0v) is 11.0. The van der Waals surface area contributed by atoms with Crippen molar-refractivity contribution in [2.24, 2.45) is 0 Å². The third-order valence-corrected chi connectivity index (χ3v) is 2.66. The summed E-state index contributed by atoms with van der Waals surface area (Å²) in [6.07, 6.45) is 1.49. The molecule has 20 heavy (non-hydrogen) atoms. The lowest BCUT2D eigenvalue weighted by atomic mass is 10.2. The lowest BCUT2D eigenvalue weighted by Gasteiger charge is -2.08. The van der Waals surface area contributed by atoms with Gasteiger partial charge in [-0.3, -0.25) is 10.1 Å². The number of nitrogens with one attached hydrogen (secondary N) is 1. The van der Waals surface area contributed by atoms with Crippen LogP contribution in [0.5, 0.6) is 5.75 Å². The molecule has 7 heteroatoms. The van der Waals surface area contributed by atoms with Crippen molar-refractivity contribution in [3.63, 3.8) is 0 Å². The minimum absolute atomic E-state index is 0.0650. The number of nitro groups is 1. The third kappa shape index (κ3) is 3.55. The first-order valence-electron chi connectivity index (χ1n) is 6.21. The van der Waals surface area contributed by atoms with E-state index in [9.17, 15) is 10.1 Å². The molecule has 0 atom stereocenters. The van der Waals surface area contributed by atoms with Gasteiger partial charge in [0, 0.05) is 18.7 Å². The Hall–Kier alpha value is -2.41. The summed E-state index contributed by atoms with van der Waals surface area (Å²) in [6, 6.07) is 6.47. The molecule has 0 fully saturated rings. The van der Waals surface area contributed by atoms with Crippen molar-refractivity contribution in [1.29, 1.82) is 0 Å². The van der Waals surface area contributed by atoms with Crippen molar-refractivity contribution in [3.8, 4) is 5.75 Å². The van der Waals surface area contributed by atoms with Crippen LogP contribution in [0.2, 0.25) is 0 Å². The Bertz CT molecular complexity index is 569. The fraction of sp³-hybridized carbons (Fsp3) is 0.308. The van der Waals surface area contributed by atoms with Crippen molar-refractivity contribution in [1.82, 2.24) is 10.5 Å². The van der Waals surface area contributed by atoms with Crippen molar-refractivity contribution in [2.45, 2.75) is 20.1 Å². The van der Waals surface area contributed by atoms with Gasteiger partial charge in [0.1, 0.15) is 6.61 Å². The van der Waals surface area contributed by atoms with Crippen molar-refractivity contribution < 1.29 is 14.2 Å². The summed E-state index contributed by atoms with van der Waals surface area (Å²) < 4.78 is 10.4. The topological polar surface area (TPSA) is 90.4 Å². The molecule has 0 aliphatic carbocycles. The van der Waals surface area contributed by atoms with Gasteiger partial charge in [0.05, 0.1) is 11.1 Å². The molecule has 0 aliphatic heterocycles. The number of hydrogen-bond acceptors (Lipinski definition) is 6. The van der Waals surface area contributed by atoms with E-state index < -0.39 is 4.92 Å². The van der Waals surface area contributed by atoms with Crippen LogP contribution >= 0.6 is 0 Å². The molecule has 0 unspecified atom stereocenters. The first kappa shape index (κ1) is 14.0. The van der Waals surface area contributed by atoms with E-state index in [1.165, 1.54) is 12.3 Å². The van der Waals surface area contributed by atoms with E-state index in [1.54, 1.807) is 18.2 Å². The zero-order chi connectivity index (χ0) is 14.4. The summed E-state index contributed by atoms with van der Waals surface area (Å²) in [5, 5.41) is 17.7. The van der Waals surface area contributed by atoms with E-state index in [2.05, 4.69) is 10.5 Å². The molecule has 2 rings (SSSR count). The molecular formula is C13H15N3O4. The van der Waals surface area contributed by atoms with E-state index >= 15 is 0 Å². The number of nitrogens with zero attached hydrogens (tertiary/aromatic N) is 2. The Morgan fingerprint density at radius 3 is 2.95 bits per heavy atom. The van der Waals surface area contributed by atoms with Crippen LogP contribution in [-0.4, -0.2) is 16.6 Å². The highest BCUT2D eigenvalue weighted by Crippen LogP contribution is 2.28. The maximum atomic E-state index is 11.0. The van der Waals surface area contributed by atoms with Crippen LogP contribution in [0, 0.1) is 10.1 Å². The molecule has 2 aromatic rings. The quantitative estimate of drug-likeness (QED) is 0.616. The predicted molar refractivity (Wildman–Crippen MR) is 71.3 cm³/mol. The largest absolute Gasteiger partial charge is 0.479 e. The second-order valence-corrected chi connectivity index (χ2v) is 4.11. The number of benzene rings is 1. The first-order valence-corrected chi connectivity index (χ1v) is 6.21. The summed E-state index contributed by atoms with van der Waals surface area (Å²) in [7, 11) is 0. The monoisotopic (exact) mass is 277 g/mol. The second kappa shape index (κ2) is 6.67. The first-order chi connectivity index (χ1) is 9.70. The van der Waals surface area contributed by atoms with E-state index in [1.807, 2.05) is 6.92 Å². The molecular weight excluding hydrogens is 262 g/mol. The van der Waals surface area contributed by atoms with Crippen LogP contribution in [0.15, 0.2) is 35.0 Å². The molecule has 1 heterocycles. The van der Waals surface area contributed by atoms with Gasteiger partial charge in [-0.05, 0) is 18.2 Å². The molecule has 0 amide bonds. The highest BCUT2D eigenvalue weighted by atomic mass is 16.6. The normalized spacial score (nSPS) is 10.4. The molecule has 0 bridgehead atoms. The number of nitro benzene ring substituents is 1. The van der Waals surface area contributed by atoms with E-state index in [4.69, 9.17) is 9.26 Å². The van der Waals surface area contributed by atoms with Gasteiger partial charge in [-0.25, -0.2) is 0 Å². The highest BCUT2D eigenvalue weighted by Gasteiger charge is 2.16. The van der Waals surface area contributed by atoms with Crippen LogP contribution in [0.3, 0.4) is 0 Å². The average Bonchev–Trinajstić information content (AvgIpc) is 2.96. The molecule has 106 valence electrons. The van der Waals surface area contributed by atoms with Crippen LogP contribution in [-0.2, 0) is 13.2 Å². The lowest BCUT2D eigenvalue weighted by molar-refractivity contribution is -0.386. The number of hydrogen-bond donors (Lipinski definition) is 1. The molecule has 1 N–H and O–H groups in total. The van der Waals surface area contributed by atoms with Gasteiger partial charge in [-0.15, -0.1) is 0 Å². The van der Waals surface area contributed by atoms with Crippen molar-refractivity contribution >= 4 is 5.69 Å². The van der Waals surface area contributed by atoms with Gasteiger partial charge >= 0.3 is 5.69 Å². The summed E-state index contributed by atoms with van der Waals surface area (Å²) in [5.74, 6) is 0.734. The predicted octanol–water partition coefficient (Wildman–Crippen LogP) is 2.27. The summed E-state index contributed by atoms with van der Waals surface area (Å²) >= 11 is 0. The van der Waals surface area contributed by atoms with E-state index in [0.29, 0.717) is 12.3 Å². The SMILES string of the molecule is CCNCc1ccc([N+](=O)[O-])c(OCc2ccno2)c1. The van der Waals surface area contributed by atoms with Gasteiger partial charge in [-0.2, -0.15) is 0 Å². The molecule has 1 aromatic heterocycles. The minimum Gasteiger partial charge on any atom is -0.479 e. The molecule has 7 nitrogen and oxygen atoms in total. The fourth-order valence-electron chi connectivity index (χ4n) is 1.67. The summed E-state index contributed by atoms with van der Waals surface area (Å²) in [5.41, 5.74) is 0.856. The average molecular weight is 277 g/mol. The Morgan fingerprint density at radius 1 is 1.45 bits per heavy atom. The van der Waals surface area contributed by atoms with Crippen LogP contribution in [0.1, 0.15) is 18.2 Å². The Labute approximate surface area is 115 Å². The number of ether oxygens (including phenoxy) is 1. The standard InChI is InChI=1S/C13H15N3O4/c1-2-14-8-10-3-4-12(16(17)18)13(7-10)19-9-11-5-6-15-20-11/h3-7,14H,2,8-9H2,1H3. The third-order valence-electron chi connectivity index (χ3n) is 2.66. The number of aromatic nitrogens is 1. The summed E-state index contributed by atoms with van der Waals surface area (Å²) in [6.45, 7) is 3.55. The van der Waals surface area contributed by atoms with Gasteiger partial charge < -0.3 is 14.6 Å². The minimum atomic E-state index is -0.466. The molecule has 0 saturated heterocycles. The summed E-state index contributed by atoms with van der Waals surface area (Å²) in [4.78, 5) is 10.5. The van der Waals surface area contributed by atoms with Crippen LogP contribution in [0.25, 0.3) is 0 Å². The van der Waals surface area contributed by atoms with Crippen molar-refractivity contribution in [2.75, 3.05) is 6.54 Å². The van der Waals surface area contributed by atoms with E-state index in [-0.39, 0.29) is 18.0 Å². The van der Waals surface area contributed by atoms with Crippen LogP contribution in [0.4, 0.5) is 5.69 Å². The Morgan fingerprint density at radius 2 is 2.30 bits per heavy atom. The smallest absolute Gasteiger partial charge is 0.310 e. The van der Waals surface area contributed by atoms with Gasteiger partial charge in [0.2, 0.25) is 0 Å². The van der Waals surface area contributed by atoms with E-state index in [0.717, 1.165) is 12.1 Å². The molecule has 0 radical (unpaired) electrons. The van der Waals surface area contributed by atoms with Crippen molar-refractivity contribution in [3.05, 3.63) is 51.9 Å². The molecule has 0 aliphatic rings. The molecule has 1 aromatic carbocycles. The lowest BCUT2D eigenvalue weighted by Crippen LogP contribution is -2.12. The van der Waals surface area contributed by atoms with Gasteiger partial charge in [0.25, 0.3) is 0 Å². The number of rotatable bonds is 7. The highest BCUT2D eigenvalue weighted by molar-refractivity contribution is 5.48. The maximum absolute atomic E-state index is 11.0. The second-order valence-electron chi connectivity index (χ2n) is 4.11. The fourth-order valence-corrected chi connectivity index (χ4v) is 1.67. The van der Waals surface area contributed by atoms with Gasteiger partial charge in [-0.1, -0.05) is 18.1 Å². The molecule has 0 saturated carbocycles. The van der Waals surface area contributed by atoms with Gasteiger partial charge in [0.15, 0.2) is 11.5 Å². The van der Waals surface area contributed by atoms with Crippen LogP contribution < -0.4 is 10.1 Å².